The molecule has 5 rings (SSSR count). The molecule has 0 radical (unpaired) electrons. The van der Waals surface area contributed by atoms with Gasteiger partial charge in [0.1, 0.15) is 0 Å². The number of esters is 1. The van der Waals surface area contributed by atoms with Crippen LogP contribution in [0.2, 0.25) is 5.02 Å². The molecule has 0 spiro atoms. The van der Waals surface area contributed by atoms with E-state index < -0.39 is 12.0 Å². The van der Waals surface area contributed by atoms with Gasteiger partial charge in [0.25, 0.3) is 5.56 Å². The number of phenolic OH excluding ortho intramolecular Hbond substituents is 1. The van der Waals surface area contributed by atoms with Crippen LogP contribution >= 0.6 is 22.9 Å². The number of carbonyl (C=O) groups is 1. The molecule has 192 valence electrons. The highest BCUT2D eigenvalue weighted by molar-refractivity contribution is 7.07. The standard InChI is InChI=1S/C29H23ClN2O5S/c1-3-37-28(35)23-24(17-8-5-4-6-9-17)31-29-32(25(23)18-12-14-20(30)15-13-18)27(34)22(38-29)16-19-10-7-11-21(36-2)26(19)33/h4-16,25,33H,3H2,1-2H3/b22-16-/t25-/m0/s1. The van der Waals surface area contributed by atoms with E-state index in [0.29, 0.717) is 36.9 Å². The van der Waals surface area contributed by atoms with E-state index in [9.17, 15) is 14.7 Å². The summed E-state index contributed by atoms with van der Waals surface area (Å²) in [6.07, 6.45) is 1.59. The number of thiazole rings is 1. The lowest BCUT2D eigenvalue weighted by atomic mass is 9.93. The molecule has 2 heterocycles. The van der Waals surface area contributed by atoms with Gasteiger partial charge >= 0.3 is 5.97 Å². The van der Waals surface area contributed by atoms with Gasteiger partial charge < -0.3 is 14.6 Å². The number of methoxy groups -OCH3 is 1. The number of aromatic hydroxyl groups is 1. The van der Waals surface area contributed by atoms with Crippen molar-refractivity contribution in [1.29, 1.82) is 0 Å². The van der Waals surface area contributed by atoms with Crippen LogP contribution in [0.25, 0.3) is 11.8 Å². The lowest BCUT2D eigenvalue weighted by Crippen LogP contribution is -2.40. The average Bonchev–Trinajstić information content (AvgIpc) is 3.24. The summed E-state index contributed by atoms with van der Waals surface area (Å²) in [6.45, 7) is 1.89. The summed E-state index contributed by atoms with van der Waals surface area (Å²) in [4.78, 5) is 32.5. The SMILES string of the molecule is CCOC(=O)C1=C(c2ccccc2)N=c2s/c(=C\c3cccc(OC)c3O)c(=O)n2[C@H]1c1ccc(Cl)cc1. The highest BCUT2D eigenvalue weighted by Crippen LogP contribution is 2.35. The molecule has 9 heteroatoms. The number of phenols is 1. The van der Waals surface area contributed by atoms with E-state index in [1.54, 1.807) is 55.5 Å². The van der Waals surface area contributed by atoms with Gasteiger partial charge in [-0.1, -0.05) is 77.5 Å². The average molecular weight is 547 g/mol. The first kappa shape index (κ1) is 25.5. The van der Waals surface area contributed by atoms with Crippen molar-refractivity contribution >= 4 is 40.7 Å². The van der Waals surface area contributed by atoms with Crippen LogP contribution < -0.4 is 19.6 Å². The van der Waals surface area contributed by atoms with Crippen LogP contribution in [0.4, 0.5) is 0 Å². The van der Waals surface area contributed by atoms with E-state index in [1.807, 2.05) is 30.3 Å². The van der Waals surface area contributed by atoms with E-state index in [2.05, 4.69) is 0 Å². The van der Waals surface area contributed by atoms with E-state index in [1.165, 1.54) is 23.0 Å². The van der Waals surface area contributed by atoms with E-state index in [4.69, 9.17) is 26.1 Å². The third-order valence-corrected chi connectivity index (χ3v) is 7.33. The first-order valence-corrected chi connectivity index (χ1v) is 13.0. The molecule has 0 saturated heterocycles. The largest absolute Gasteiger partial charge is 0.504 e. The molecule has 4 aromatic rings. The molecule has 1 aromatic heterocycles. The highest BCUT2D eigenvalue weighted by atomic mass is 35.5. The predicted octanol–water partition coefficient (Wildman–Crippen LogP) is 4.30. The minimum Gasteiger partial charge on any atom is -0.504 e. The van der Waals surface area contributed by atoms with Gasteiger partial charge in [0.2, 0.25) is 0 Å². The zero-order valence-corrected chi connectivity index (χ0v) is 22.1. The number of benzene rings is 3. The maximum atomic E-state index is 13.9. The Hall–Kier alpha value is -4.14. The molecule has 0 fully saturated rings. The van der Waals surface area contributed by atoms with Crippen molar-refractivity contribution in [3.63, 3.8) is 0 Å². The number of nitrogens with zero attached hydrogens (tertiary/aromatic N) is 2. The van der Waals surface area contributed by atoms with Gasteiger partial charge in [-0.05, 0) is 36.8 Å². The molecule has 1 aliphatic heterocycles. The number of hydrogen-bond donors (Lipinski definition) is 1. The molecule has 38 heavy (non-hydrogen) atoms. The van der Waals surface area contributed by atoms with Gasteiger partial charge in [0.15, 0.2) is 16.3 Å². The van der Waals surface area contributed by atoms with E-state index in [-0.39, 0.29) is 23.5 Å². The van der Waals surface area contributed by atoms with Crippen LogP contribution in [0.1, 0.15) is 29.7 Å². The van der Waals surface area contributed by atoms with E-state index >= 15 is 0 Å². The van der Waals surface area contributed by atoms with Crippen LogP contribution in [-0.2, 0) is 9.53 Å². The number of hydrogen-bond acceptors (Lipinski definition) is 7. The molecule has 0 bridgehead atoms. The summed E-state index contributed by atoms with van der Waals surface area (Å²) >= 11 is 7.33. The Morgan fingerprint density at radius 1 is 1.11 bits per heavy atom. The summed E-state index contributed by atoms with van der Waals surface area (Å²) < 4.78 is 12.5. The number of ether oxygens (including phenoxy) is 2. The molecular formula is C29H23ClN2O5S. The van der Waals surface area contributed by atoms with Crippen LogP contribution in [0.3, 0.4) is 0 Å². The molecule has 1 N–H and O–H groups in total. The fourth-order valence-electron chi connectivity index (χ4n) is 4.36. The Kier molecular flexibility index (Phi) is 7.18. The van der Waals surface area contributed by atoms with Crippen LogP contribution in [0, 0.1) is 0 Å². The summed E-state index contributed by atoms with van der Waals surface area (Å²) in [7, 11) is 1.46. The molecule has 1 atom stereocenters. The molecule has 0 aliphatic carbocycles. The summed E-state index contributed by atoms with van der Waals surface area (Å²) in [5, 5.41) is 11.1. The smallest absolute Gasteiger partial charge is 0.338 e. The molecule has 1 aliphatic rings. The molecule has 7 nitrogen and oxygen atoms in total. The van der Waals surface area contributed by atoms with Gasteiger partial charge in [-0.3, -0.25) is 9.36 Å². The number of carbonyl (C=O) groups excluding carboxylic acids is 1. The van der Waals surface area contributed by atoms with Crippen LogP contribution in [-0.4, -0.2) is 29.4 Å². The summed E-state index contributed by atoms with van der Waals surface area (Å²) in [5.41, 5.74) is 2.15. The third-order valence-electron chi connectivity index (χ3n) is 6.10. The van der Waals surface area contributed by atoms with Gasteiger partial charge in [-0.2, -0.15) is 0 Å². The van der Waals surface area contributed by atoms with Crippen molar-refractivity contribution in [3.05, 3.63) is 120 Å². The monoisotopic (exact) mass is 546 g/mol. The summed E-state index contributed by atoms with van der Waals surface area (Å²) in [5.74, 6) is -0.344. The molecule has 0 saturated carbocycles. The molecule has 3 aromatic carbocycles. The van der Waals surface area contributed by atoms with Crippen molar-refractivity contribution in [2.45, 2.75) is 13.0 Å². The van der Waals surface area contributed by atoms with Gasteiger partial charge in [-0.15, -0.1) is 0 Å². The third kappa shape index (κ3) is 4.64. The fourth-order valence-corrected chi connectivity index (χ4v) is 5.48. The first-order chi connectivity index (χ1) is 18.4. The quantitative estimate of drug-likeness (QED) is 0.364. The fraction of sp³-hybridized carbons (Fsp3) is 0.138. The Morgan fingerprint density at radius 3 is 2.53 bits per heavy atom. The normalized spacial score (nSPS) is 15.1. The number of aromatic nitrogens is 1. The lowest BCUT2D eigenvalue weighted by molar-refractivity contribution is -0.138. The number of fused-ring (bicyclic) bond motifs is 1. The Labute approximate surface area is 227 Å². The number of rotatable bonds is 6. The minimum atomic E-state index is -0.807. The van der Waals surface area contributed by atoms with E-state index in [0.717, 1.165) is 5.56 Å². The summed E-state index contributed by atoms with van der Waals surface area (Å²) in [6, 6.07) is 20.6. The van der Waals surface area contributed by atoms with Crippen molar-refractivity contribution in [1.82, 2.24) is 4.57 Å². The van der Waals surface area contributed by atoms with Crippen LogP contribution in [0.5, 0.6) is 11.5 Å². The van der Waals surface area contributed by atoms with Crippen molar-refractivity contribution in [2.75, 3.05) is 13.7 Å². The van der Waals surface area contributed by atoms with Gasteiger partial charge in [0.05, 0.1) is 35.6 Å². The Bertz CT molecular complexity index is 1720. The molecule has 0 amide bonds. The second-order valence-corrected chi connectivity index (χ2v) is 9.83. The van der Waals surface area contributed by atoms with Gasteiger partial charge in [0, 0.05) is 16.1 Å². The number of para-hydroxylation sites is 1. The van der Waals surface area contributed by atoms with Crippen molar-refractivity contribution < 1.29 is 19.4 Å². The maximum Gasteiger partial charge on any atom is 0.338 e. The zero-order chi connectivity index (χ0) is 26.8. The highest BCUT2D eigenvalue weighted by Gasteiger charge is 2.35. The topological polar surface area (TPSA) is 90.1 Å². The molecular weight excluding hydrogens is 524 g/mol. The van der Waals surface area contributed by atoms with Crippen LogP contribution in [0.15, 0.2) is 88.2 Å². The molecule has 0 unspecified atom stereocenters. The Balaban J connectivity index is 1.83. The second kappa shape index (κ2) is 10.7. The minimum absolute atomic E-state index is 0.0766. The number of halogens is 1. The van der Waals surface area contributed by atoms with Gasteiger partial charge in [-0.25, -0.2) is 9.79 Å². The van der Waals surface area contributed by atoms with Crippen molar-refractivity contribution in [3.8, 4) is 11.5 Å². The zero-order valence-electron chi connectivity index (χ0n) is 20.6. The second-order valence-electron chi connectivity index (χ2n) is 8.38. The predicted molar refractivity (Wildman–Crippen MR) is 147 cm³/mol. The lowest BCUT2D eigenvalue weighted by Gasteiger charge is -2.25. The Morgan fingerprint density at radius 2 is 1.84 bits per heavy atom. The maximum absolute atomic E-state index is 13.9. The van der Waals surface area contributed by atoms with Crippen molar-refractivity contribution in [2.24, 2.45) is 4.99 Å². The first-order valence-electron chi connectivity index (χ1n) is 11.8.